The third-order valence-electron chi connectivity index (χ3n) is 3.35. The maximum absolute atomic E-state index is 11.9. The molecule has 0 fully saturated rings. The Bertz CT molecular complexity index is 736. The predicted octanol–water partition coefficient (Wildman–Crippen LogP) is 2.21. The second kappa shape index (κ2) is 6.17. The molecule has 3 aromatic heterocycles. The van der Waals surface area contributed by atoms with E-state index in [1.165, 1.54) is 0 Å². The lowest BCUT2D eigenvalue weighted by atomic mass is 10.2. The van der Waals surface area contributed by atoms with Crippen molar-refractivity contribution in [2.24, 2.45) is 0 Å². The zero-order valence-electron chi connectivity index (χ0n) is 11.5. The highest BCUT2D eigenvalue weighted by Gasteiger charge is 2.06. The van der Waals surface area contributed by atoms with Crippen LogP contribution >= 0.6 is 0 Å². The van der Waals surface area contributed by atoms with Gasteiger partial charge in [-0.25, -0.2) is 4.98 Å². The Hall–Kier alpha value is -2.69. The van der Waals surface area contributed by atoms with Crippen molar-refractivity contribution in [1.29, 1.82) is 0 Å². The standard InChI is InChI=1S/C16H16N4O/c21-15(7-6-13-4-1-2-8-17-13)19-10-12-11-20-16-14(12)5-3-9-18-16/h1-5,8-9,11H,6-7,10H2,(H,18,20)(H,19,21). The van der Waals surface area contributed by atoms with Gasteiger partial charge in [0.1, 0.15) is 5.65 Å². The minimum atomic E-state index is 0.0268. The molecule has 0 bridgehead atoms. The molecule has 0 spiro atoms. The molecule has 0 aromatic carbocycles. The number of nitrogens with zero attached hydrogens (tertiary/aromatic N) is 2. The number of carbonyl (C=O) groups excluding carboxylic acids is 1. The molecule has 5 heteroatoms. The van der Waals surface area contributed by atoms with Crippen molar-refractivity contribution in [1.82, 2.24) is 20.3 Å². The number of hydrogen-bond donors (Lipinski definition) is 2. The van der Waals surface area contributed by atoms with E-state index in [0.29, 0.717) is 19.4 Å². The molecule has 2 N–H and O–H groups in total. The Kier molecular flexibility index (Phi) is 3.91. The zero-order chi connectivity index (χ0) is 14.5. The maximum atomic E-state index is 11.9. The van der Waals surface area contributed by atoms with E-state index < -0.39 is 0 Å². The van der Waals surface area contributed by atoms with Gasteiger partial charge >= 0.3 is 0 Å². The largest absolute Gasteiger partial charge is 0.352 e. The molecule has 0 saturated heterocycles. The number of pyridine rings is 2. The molecule has 21 heavy (non-hydrogen) atoms. The summed E-state index contributed by atoms with van der Waals surface area (Å²) >= 11 is 0. The molecule has 0 atom stereocenters. The van der Waals surface area contributed by atoms with Gasteiger partial charge in [-0.05, 0) is 36.2 Å². The van der Waals surface area contributed by atoms with Gasteiger partial charge in [-0.3, -0.25) is 9.78 Å². The molecule has 3 aromatic rings. The second-order valence-corrected chi connectivity index (χ2v) is 4.81. The molecule has 1 amide bonds. The van der Waals surface area contributed by atoms with E-state index in [4.69, 9.17) is 0 Å². The fourth-order valence-electron chi connectivity index (χ4n) is 2.23. The molecule has 0 saturated carbocycles. The highest BCUT2D eigenvalue weighted by Crippen LogP contribution is 2.15. The lowest BCUT2D eigenvalue weighted by Gasteiger charge is -2.04. The van der Waals surface area contributed by atoms with E-state index in [-0.39, 0.29) is 5.91 Å². The third kappa shape index (κ3) is 3.25. The first-order chi connectivity index (χ1) is 10.3. The smallest absolute Gasteiger partial charge is 0.220 e. The minimum Gasteiger partial charge on any atom is -0.352 e. The number of hydrogen-bond acceptors (Lipinski definition) is 3. The van der Waals surface area contributed by atoms with Crippen molar-refractivity contribution in [3.8, 4) is 0 Å². The van der Waals surface area contributed by atoms with Gasteiger partial charge in [0.2, 0.25) is 5.91 Å². The average molecular weight is 280 g/mol. The van der Waals surface area contributed by atoms with Crippen molar-refractivity contribution >= 4 is 16.9 Å². The van der Waals surface area contributed by atoms with E-state index in [1.54, 1.807) is 12.4 Å². The third-order valence-corrected chi connectivity index (χ3v) is 3.35. The molecule has 0 unspecified atom stereocenters. The van der Waals surface area contributed by atoms with Crippen molar-refractivity contribution in [3.63, 3.8) is 0 Å². The number of rotatable bonds is 5. The summed E-state index contributed by atoms with van der Waals surface area (Å²) in [5.41, 5.74) is 2.82. The van der Waals surface area contributed by atoms with E-state index in [9.17, 15) is 4.79 Å². The number of carbonyl (C=O) groups is 1. The first kappa shape index (κ1) is 13.3. The van der Waals surface area contributed by atoms with Gasteiger partial charge in [0, 0.05) is 42.6 Å². The van der Waals surface area contributed by atoms with Crippen LogP contribution in [0.3, 0.4) is 0 Å². The Morgan fingerprint density at radius 1 is 1.14 bits per heavy atom. The molecule has 106 valence electrons. The fourth-order valence-corrected chi connectivity index (χ4v) is 2.23. The van der Waals surface area contributed by atoms with Gasteiger partial charge in [0.25, 0.3) is 0 Å². The van der Waals surface area contributed by atoms with Crippen LogP contribution in [0.15, 0.2) is 48.9 Å². The average Bonchev–Trinajstić information content (AvgIpc) is 2.95. The van der Waals surface area contributed by atoms with Gasteiger partial charge in [-0.2, -0.15) is 0 Å². The van der Waals surface area contributed by atoms with Gasteiger partial charge in [0.05, 0.1) is 0 Å². The summed E-state index contributed by atoms with van der Waals surface area (Å²) in [5.74, 6) is 0.0268. The molecule has 0 aliphatic heterocycles. The summed E-state index contributed by atoms with van der Waals surface area (Å²) in [6, 6.07) is 9.61. The first-order valence-electron chi connectivity index (χ1n) is 6.90. The van der Waals surface area contributed by atoms with Crippen molar-refractivity contribution in [3.05, 3.63) is 60.2 Å². The summed E-state index contributed by atoms with van der Waals surface area (Å²) in [5, 5.41) is 3.98. The molecule has 0 aliphatic carbocycles. The summed E-state index contributed by atoms with van der Waals surface area (Å²) in [4.78, 5) is 23.4. The lowest BCUT2D eigenvalue weighted by Crippen LogP contribution is -2.23. The van der Waals surface area contributed by atoms with Crippen molar-refractivity contribution in [2.75, 3.05) is 0 Å². The molecule has 5 nitrogen and oxygen atoms in total. The molecule has 0 radical (unpaired) electrons. The molecule has 3 heterocycles. The van der Waals surface area contributed by atoms with Gasteiger partial charge < -0.3 is 10.3 Å². The van der Waals surface area contributed by atoms with E-state index in [2.05, 4.69) is 20.3 Å². The van der Waals surface area contributed by atoms with Crippen LogP contribution in [0, 0.1) is 0 Å². The van der Waals surface area contributed by atoms with Crippen LogP contribution < -0.4 is 5.32 Å². The van der Waals surface area contributed by atoms with E-state index >= 15 is 0 Å². The Balaban J connectivity index is 1.54. The fraction of sp³-hybridized carbons (Fsp3) is 0.188. The Labute approximate surface area is 122 Å². The normalized spacial score (nSPS) is 10.7. The zero-order valence-corrected chi connectivity index (χ0v) is 11.5. The summed E-state index contributed by atoms with van der Waals surface area (Å²) < 4.78 is 0. The van der Waals surface area contributed by atoms with Crippen LogP contribution in [0.25, 0.3) is 11.0 Å². The maximum Gasteiger partial charge on any atom is 0.220 e. The number of nitrogens with one attached hydrogen (secondary N) is 2. The van der Waals surface area contributed by atoms with Gasteiger partial charge in [-0.1, -0.05) is 6.07 Å². The number of aromatic nitrogens is 3. The highest BCUT2D eigenvalue weighted by molar-refractivity contribution is 5.81. The van der Waals surface area contributed by atoms with Crippen molar-refractivity contribution in [2.45, 2.75) is 19.4 Å². The predicted molar refractivity (Wildman–Crippen MR) is 80.5 cm³/mol. The summed E-state index contributed by atoms with van der Waals surface area (Å²) in [6.07, 6.45) is 6.47. The molecular formula is C16H16N4O. The Morgan fingerprint density at radius 2 is 2.05 bits per heavy atom. The summed E-state index contributed by atoms with van der Waals surface area (Å²) in [7, 11) is 0. The van der Waals surface area contributed by atoms with E-state index in [1.807, 2.05) is 36.5 Å². The van der Waals surface area contributed by atoms with Gasteiger partial charge in [0.15, 0.2) is 0 Å². The highest BCUT2D eigenvalue weighted by atomic mass is 16.1. The second-order valence-electron chi connectivity index (χ2n) is 4.81. The van der Waals surface area contributed by atoms with Gasteiger partial charge in [-0.15, -0.1) is 0 Å². The van der Waals surface area contributed by atoms with Crippen molar-refractivity contribution < 1.29 is 4.79 Å². The van der Waals surface area contributed by atoms with Crippen LogP contribution in [0.1, 0.15) is 17.7 Å². The van der Waals surface area contributed by atoms with Crippen LogP contribution in [-0.2, 0) is 17.8 Å². The van der Waals surface area contributed by atoms with Crippen LogP contribution in [0.4, 0.5) is 0 Å². The van der Waals surface area contributed by atoms with Crippen LogP contribution in [-0.4, -0.2) is 20.9 Å². The lowest BCUT2D eigenvalue weighted by molar-refractivity contribution is -0.121. The number of fused-ring (bicyclic) bond motifs is 1. The first-order valence-corrected chi connectivity index (χ1v) is 6.90. The molecule has 3 rings (SSSR count). The molecule has 0 aliphatic rings. The topological polar surface area (TPSA) is 70.7 Å². The van der Waals surface area contributed by atoms with E-state index in [0.717, 1.165) is 22.3 Å². The SMILES string of the molecule is O=C(CCc1ccccn1)NCc1c[nH]c2ncccc12. The monoisotopic (exact) mass is 280 g/mol. The van der Waals surface area contributed by atoms with Crippen LogP contribution in [0.2, 0.25) is 0 Å². The minimum absolute atomic E-state index is 0.0268. The molecular weight excluding hydrogens is 264 g/mol. The number of aromatic amines is 1. The summed E-state index contributed by atoms with van der Waals surface area (Å²) in [6.45, 7) is 0.507. The number of aryl methyl sites for hydroxylation is 1. The quantitative estimate of drug-likeness (QED) is 0.752. The Morgan fingerprint density at radius 3 is 2.90 bits per heavy atom. The number of H-pyrrole nitrogens is 1. The van der Waals surface area contributed by atoms with Crippen LogP contribution in [0.5, 0.6) is 0 Å². The number of amides is 1.